The summed E-state index contributed by atoms with van der Waals surface area (Å²) in [4.78, 5) is 0. The Bertz CT molecular complexity index is 568. The van der Waals surface area contributed by atoms with Gasteiger partial charge in [-0.15, -0.1) is 0 Å². The van der Waals surface area contributed by atoms with Gasteiger partial charge in [-0.2, -0.15) is 5.10 Å². The molecule has 0 fully saturated rings. The molecule has 2 aromatic carbocycles. The highest BCUT2D eigenvalue weighted by Gasteiger charge is 2.05. The Morgan fingerprint density at radius 3 is 2.61 bits per heavy atom. The molecule has 0 aromatic heterocycles. The largest absolute Gasteiger partial charge is 0.279 e. The molecule has 0 atom stereocenters. The lowest BCUT2D eigenvalue weighted by molar-refractivity contribution is 0.615. The van der Waals surface area contributed by atoms with E-state index in [4.69, 9.17) is 0 Å². The normalized spacial score (nSPS) is 10.8. The summed E-state index contributed by atoms with van der Waals surface area (Å²) in [6.45, 7) is 1.72. The fraction of sp³-hybridized carbons (Fsp3) is 0.0714. The van der Waals surface area contributed by atoms with Gasteiger partial charge in [0.1, 0.15) is 5.82 Å². The fourth-order valence-electron chi connectivity index (χ4n) is 1.47. The number of halogens is 2. The molecule has 0 unspecified atom stereocenters. The van der Waals surface area contributed by atoms with E-state index in [1.807, 2.05) is 36.4 Å². The summed E-state index contributed by atoms with van der Waals surface area (Å²) in [6, 6.07) is 13.0. The number of hydrazone groups is 1. The molecular formula is C14H12BrFN2. The Kier molecular flexibility index (Phi) is 4.10. The summed E-state index contributed by atoms with van der Waals surface area (Å²) < 4.78 is 14.6. The van der Waals surface area contributed by atoms with E-state index >= 15 is 0 Å². The number of hydrogen-bond acceptors (Lipinski definition) is 2. The molecule has 0 saturated heterocycles. The van der Waals surface area contributed by atoms with Gasteiger partial charge >= 0.3 is 0 Å². The van der Waals surface area contributed by atoms with Crippen LogP contribution >= 0.6 is 15.9 Å². The van der Waals surface area contributed by atoms with Gasteiger partial charge in [0.15, 0.2) is 0 Å². The molecule has 0 saturated carbocycles. The molecule has 18 heavy (non-hydrogen) atoms. The minimum atomic E-state index is -0.261. The number of nitrogens with one attached hydrogen (secondary N) is 1. The van der Waals surface area contributed by atoms with Crippen molar-refractivity contribution in [3.05, 3.63) is 63.9 Å². The zero-order valence-electron chi connectivity index (χ0n) is 9.82. The summed E-state index contributed by atoms with van der Waals surface area (Å²) in [5.74, 6) is -0.261. The Hall–Kier alpha value is -1.68. The first-order valence-corrected chi connectivity index (χ1v) is 6.26. The quantitative estimate of drug-likeness (QED) is 0.662. The highest BCUT2D eigenvalue weighted by atomic mass is 79.9. The van der Waals surface area contributed by atoms with Gasteiger partial charge in [-0.25, -0.2) is 4.39 Å². The van der Waals surface area contributed by atoms with Gasteiger partial charge in [-0.05, 0) is 36.8 Å². The predicted octanol–water partition coefficient (Wildman–Crippen LogP) is 4.34. The summed E-state index contributed by atoms with van der Waals surface area (Å²) in [6.07, 6.45) is 1.47. The Morgan fingerprint density at radius 2 is 1.89 bits per heavy atom. The maximum Gasteiger partial charge on any atom is 0.136 e. The van der Waals surface area contributed by atoms with Gasteiger partial charge in [-0.1, -0.05) is 34.1 Å². The molecule has 0 heterocycles. The first-order valence-electron chi connectivity index (χ1n) is 5.47. The van der Waals surface area contributed by atoms with Crippen LogP contribution in [0.25, 0.3) is 0 Å². The van der Waals surface area contributed by atoms with Crippen molar-refractivity contribution in [2.75, 3.05) is 5.43 Å². The summed E-state index contributed by atoms with van der Waals surface area (Å²) >= 11 is 3.28. The van der Waals surface area contributed by atoms with E-state index in [0.717, 1.165) is 10.2 Å². The number of hydrogen-bond donors (Lipinski definition) is 1. The Labute approximate surface area is 114 Å². The first-order chi connectivity index (χ1) is 8.68. The standard InChI is InChI=1S/C14H12BrFN2/c1-10-13(15)8-7-11(14(10)16)9-17-18-12-5-3-2-4-6-12/h2-9,18H,1H3. The molecule has 1 N–H and O–H groups in total. The van der Waals surface area contributed by atoms with Gasteiger partial charge in [0, 0.05) is 10.0 Å². The Morgan fingerprint density at radius 1 is 1.17 bits per heavy atom. The van der Waals surface area contributed by atoms with Gasteiger partial charge in [0.2, 0.25) is 0 Å². The van der Waals surface area contributed by atoms with Crippen molar-refractivity contribution < 1.29 is 4.39 Å². The lowest BCUT2D eigenvalue weighted by Crippen LogP contribution is -1.95. The van der Waals surface area contributed by atoms with E-state index < -0.39 is 0 Å². The van der Waals surface area contributed by atoms with Crippen molar-refractivity contribution >= 4 is 27.8 Å². The van der Waals surface area contributed by atoms with E-state index in [9.17, 15) is 4.39 Å². The van der Waals surface area contributed by atoms with Crippen LogP contribution in [0.1, 0.15) is 11.1 Å². The Balaban J connectivity index is 2.13. The third-order valence-electron chi connectivity index (χ3n) is 2.52. The van der Waals surface area contributed by atoms with Crippen molar-refractivity contribution in [2.45, 2.75) is 6.92 Å². The molecule has 0 bridgehead atoms. The van der Waals surface area contributed by atoms with Crippen LogP contribution < -0.4 is 5.43 Å². The monoisotopic (exact) mass is 306 g/mol. The number of benzene rings is 2. The molecule has 0 spiro atoms. The average molecular weight is 307 g/mol. The second kappa shape index (κ2) is 5.78. The van der Waals surface area contributed by atoms with Crippen LogP contribution in [0.4, 0.5) is 10.1 Å². The van der Waals surface area contributed by atoms with E-state index in [0.29, 0.717) is 11.1 Å². The highest BCUT2D eigenvalue weighted by Crippen LogP contribution is 2.20. The number of rotatable bonds is 3. The van der Waals surface area contributed by atoms with Crippen LogP contribution in [-0.2, 0) is 0 Å². The zero-order chi connectivity index (χ0) is 13.0. The van der Waals surface area contributed by atoms with E-state index in [-0.39, 0.29) is 5.82 Å². The van der Waals surface area contributed by atoms with Crippen LogP contribution in [0.3, 0.4) is 0 Å². The maximum atomic E-state index is 13.8. The zero-order valence-corrected chi connectivity index (χ0v) is 11.4. The second-order valence-electron chi connectivity index (χ2n) is 3.81. The highest BCUT2D eigenvalue weighted by molar-refractivity contribution is 9.10. The van der Waals surface area contributed by atoms with E-state index in [1.54, 1.807) is 13.0 Å². The molecule has 0 amide bonds. The summed E-state index contributed by atoms with van der Waals surface area (Å²) in [5, 5.41) is 4.01. The van der Waals surface area contributed by atoms with E-state index in [2.05, 4.69) is 26.5 Å². The molecule has 0 aliphatic rings. The van der Waals surface area contributed by atoms with Crippen molar-refractivity contribution in [1.82, 2.24) is 0 Å². The molecule has 2 nitrogen and oxygen atoms in total. The smallest absolute Gasteiger partial charge is 0.136 e. The van der Waals surface area contributed by atoms with Crippen LogP contribution in [0.5, 0.6) is 0 Å². The maximum absolute atomic E-state index is 13.8. The minimum absolute atomic E-state index is 0.261. The van der Waals surface area contributed by atoms with Crippen molar-refractivity contribution in [3.8, 4) is 0 Å². The van der Waals surface area contributed by atoms with Gasteiger partial charge in [0.25, 0.3) is 0 Å². The third-order valence-corrected chi connectivity index (χ3v) is 3.38. The van der Waals surface area contributed by atoms with Crippen molar-refractivity contribution in [2.24, 2.45) is 5.10 Å². The fourth-order valence-corrected chi connectivity index (χ4v) is 1.78. The van der Waals surface area contributed by atoms with Crippen molar-refractivity contribution in [1.29, 1.82) is 0 Å². The first kappa shape index (κ1) is 12.8. The SMILES string of the molecule is Cc1c(Br)ccc(C=NNc2ccccc2)c1F. The number of nitrogens with zero attached hydrogens (tertiary/aromatic N) is 1. The van der Waals surface area contributed by atoms with E-state index in [1.165, 1.54) is 6.21 Å². The molecule has 2 rings (SSSR count). The number of anilines is 1. The molecule has 2 aromatic rings. The van der Waals surface area contributed by atoms with Crippen LogP contribution in [-0.4, -0.2) is 6.21 Å². The molecule has 0 radical (unpaired) electrons. The van der Waals surface area contributed by atoms with Gasteiger partial charge < -0.3 is 0 Å². The molecule has 4 heteroatoms. The molecule has 92 valence electrons. The molecule has 0 aliphatic carbocycles. The van der Waals surface area contributed by atoms with Crippen molar-refractivity contribution in [3.63, 3.8) is 0 Å². The number of para-hydroxylation sites is 1. The lowest BCUT2D eigenvalue weighted by Gasteiger charge is -2.03. The molecular weight excluding hydrogens is 295 g/mol. The summed E-state index contributed by atoms with van der Waals surface area (Å²) in [5.41, 5.74) is 4.75. The average Bonchev–Trinajstić information content (AvgIpc) is 2.40. The van der Waals surface area contributed by atoms with Crippen LogP contribution in [0.2, 0.25) is 0 Å². The van der Waals surface area contributed by atoms with Crippen LogP contribution in [0, 0.1) is 12.7 Å². The molecule has 0 aliphatic heterocycles. The second-order valence-corrected chi connectivity index (χ2v) is 4.67. The topological polar surface area (TPSA) is 24.4 Å². The lowest BCUT2D eigenvalue weighted by atomic mass is 10.1. The van der Waals surface area contributed by atoms with Gasteiger partial charge in [0.05, 0.1) is 11.9 Å². The summed E-state index contributed by atoms with van der Waals surface area (Å²) in [7, 11) is 0. The van der Waals surface area contributed by atoms with Gasteiger partial charge in [-0.3, -0.25) is 5.43 Å². The minimum Gasteiger partial charge on any atom is -0.279 e. The third kappa shape index (κ3) is 2.96. The predicted molar refractivity (Wildman–Crippen MR) is 76.5 cm³/mol. The van der Waals surface area contributed by atoms with Crippen LogP contribution in [0.15, 0.2) is 52.0 Å².